The summed E-state index contributed by atoms with van der Waals surface area (Å²) in [5.74, 6) is 1.07. The fourth-order valence-corrected chi connectivity index (χ4v) is 10.0. The summed E-state index contributed by atoms with van der Waals surface area (Å²) in [4.78, 5) is 12.6. The third kappa shape index (κ3) is 10.9. The molecule has 62 heavy (non-hydrogen) atoms. The first-order valence-corrected chi connectivity index (χ1v) is 24.7. The van der Waals surface area contributed by atoms with E-state index >= 15 is 0 Å². The van der Waals surface area contributed by atoms with E-state index in [1.165, 1.54) is 29.1 Å². The molecule has 332 valence electrons. The number of nitrogens with zero attached hydrogens (tertiary/aromatic N) is 2. The molecule has 3 aliphatic rings. The largest absolute Gasteiger partial charge is 0.468 e. The molecule has 1 aliphatic carbocycles. The number of benzene rings is 3. The molecule has 0 saturated carbocycles. The molecular weight excluding hydrogens is 825 g/mol. The second kappa shape index (κ2) is 19.7. The van der Waals surface area contributed by atoms with Gasteiger partial charge in [0.25, 0.3) is 26.7 Å². The van der Waals surface area contributed by atoms with Crippen LogP contribution in [-0.4, -0.2) is 68.1 Å². The van der Waals surface area contributed by atoms with Crippen molar-refractivity contribution >= 4 is 43.8 Å². The molecule has 2 N–H and O–H groups in total. The number of fused-ring (bicyclic) bond motifs is 2. The molecule has 3 aromatic rings. The smallest absolute Gasteiger partial charge is 0.294 e. The first-order valence-electron chi connectivity index (χ1n) is 21.7. The molecule has 0 fully saturated rings. The van der Waals surface area contributed by atoms with Crippen molar-refractivity contribution in [2.24, 2.45) is 0 Å². The predicted octanol–water partition coefficient (Wildman–Crippen LogP) is 9.95. The van der Waals surface area contributed by atoms with Crippen LogP contribution in [0.2, 0.25) is 0 Å². The first kappa shape index (κ1) is 46.7. The Bertz CT molecular complexity index is 2510. The summed E-state index contributed by atoms with van der Waals surface area (Å²) in [6.45, 7) is 12.9. The Balaban J connectivity index is 1.46. The van der Waals surface area contributed by atoms with Crippen molar-refractivity contribution in [1.82, 2.24) is 0 Å². The normalized spacial score (nSPS) is 18.7. The molecule has 0 radical (unpaired) electrons. The molecule has 3 aromatic carbocycles. The zero-order valence-corrected chi connectivity index (χ0v) is 38.2. The summed E-state index contributed by atoms with van der Waals surface area (Å²) in [6, 6.07) is 21.1. The Kier molecular flexibility index (Phi) is 14.8. The van der Waals surface area contributed by atoms with E-state index in [-0.39, 0.29) is 29.1 Å². The lowest BCUT2D eigenvalue weighted by atomic mass is 9.81. The molecule has 0 amide bonds. The molecule has 11 nitrogen and oxygen atoms in total. The second-order valence-electron chi connectivity index (χ2n) is 17.4. The van der Waals surface area contributed by atoms with Crippen molar-refractivity contribution in [1.29, 1.82) is 0 Å². The summed E-state index contributed by atoms with van der Waals surface area (Å²) < 4.78 is 81.4. The van der Waals surface area contributed by atoms with Gasteiger partial charge in [-0.15, -0.1) is 0 Å². The molecule has 0 unspecified atom stereocenters. The highest BCUT2D eigenvalue weighted by Crippen LogP contribution is 2.49. The molecule has 13 heteroatoms. The lowest BCUT2D eigenvalue weighted by Crippen LogP contribution is -2.28. The number of carbonyl (C=O) groups is 1. The molecule has 0 spiro atoms. The van der Waals surface area contributed by atoms with Crippen molar-refractivity contribution in [3.8, 4) is 5.75 Å². The van der Waals surface area contributed by atoms with Crippen molar-refractivity contribution < 1.29 is 44.8 Å². The molecule has 0 atom stereocenters. The number of allylic oxidation sites excluding steroid dienone is 7. The predicted molar refractivity (Wildman–Crippen MR) is 245 cm³/mol. The Morgan fingerprint density at radius 1 is 0.823 bits per heavy atom. The van der Waals surface area contributed by atoms with Crippen molar-refractivity contribution in [2.45, 2.75) is 115 Å². The highest BCUT2D eigenvalue weighted by Gasteiger charge is 2.44. The Morgan fingerprint density at radius 2 is 1.56 bits per heavy atom. The van der Waals surface area contributed by atoms with E-state index in [4.69, 9.17) is 9.47 Å². The summed E-state index contributed by atoms with van der Waals surface area (Å²) in [5, 5.41) is 0. The molecular formula is C49H61N2O9S2+. The third-order valence-electron chi connectivity index (χ3n) is 12.3. The van der Waals surface area contributed by atoms with Crippen LogP contribution in [0.3, 0.4) is 0 Å². The van der Waals surface area contributed by atoms with Crippen LogP contribution in [0, 0.1) is 0 Å². The van der Waals surface area contributed by atoms with Gasteiger partial charge >= 0.3 is 0 Å². The van der Waals surface area contributed by atoms with E-state index in [0.29, 0.717) is 37.2 Å². The van der Waals surface area contributed by atoms with Crippen LogP contribution in [0.25, 0.3) is 0 Å². The summed E-state index contributed by atoms with van der Waals surface area (Å²) in [6.07, 6.45) is 16.7. The monoisotopic (exact) mass is 885 g/mol. The number of para-hydroxylation sites is 1. The number of ether oxygens (including phenoxy) is 2. The quantitative estimate of drug-likeness (QED) is 0.0515. The van der Waals surface area contributed by atoms with Crippen LogP contribution < -0.4 is 9.64 Å². The molecule has 2 aliphatic heterocycles. The maximum absolute atomic E-state index is 12.3. The zero-order chi connectivity index (χ0) is 44.7. The average molecular weight is 886 g/mol. The molecule has 0 aromatic heterocycles. The zero-order valence-electron chi connectivity index (χ0n) is 36.6. The van der Waals surface area contributed by atoms with Gasteiger partial charge < -0.3 is 14.4 Å². The van der Waals surface area contributed by atoms with Gasteiger partial charge in [-0.25, -0.2) is 0 Å². The number of unbranched alkanes of at least 4 members (excludes halogenated alkanes) is 3. The second-order valence-corrected chi connectivity index (χ2v) is 20.4. The van der Waals surface area contributed by atoms with Gasteiger partial charge in [0, 0.05) is 53.9 Å². The van der Waals surface area contributed by atoms with E-state index in [1.54, 1.807) is 6.07 Å². The third-order valence-corrected chi connectivity index (χ3v) is 14.0. The lowest BCUT2D eigenvalue weighted by molar-refractivity contribution is -0.438. The van der Waals surface area contributed by atoms with Gasteiger partial charge in [0.1, 0.15) is 18.1 Å². The van der Waals surface area contributed by atoms with Gasteiger partial charge in [0.15, 0.2) is 5.71 Å². The minimum atomic E-state index is -4.47. The van der Waals surface area contributed by atoms with Crippen LogP contribution >= 0.6 is 0 Å². The van der Waals surface area contributed by atoms with Gasteiger partial charge in [-0.05, 0) is 124 Å². The highest BCUT2D eigenvalue weighted by molar-refractivity contribution is 7.86. The van der Waals surface area contributed by atoms with Crippen molar-refractivity contribution in [3.05, 3.63) is 130 Å². The van der Waals surface area contributed by atoms with Crippen molar-refractivity contribution in [3.63, 3.8) is 0 Å². The summed E-state index contributed by atoms with van der Waals surface area (Å²) in [7, 11) is -8.61. The van der Waals surface area contributed by atoms with E-state index < -0.39 is 25.7 Å². The van der Waals surface area contributed by atoms with Gasteiger partial charge in [-0.3, -0.25) is 13.9 Å². The van der Waals surface area contributed by atoms with Gasteiger partial charge in [-0.2, -0.15) is 21.4 Å². The maximum Gasteiger partial charge on any atom is 0.294 e. The molecule has 6 rings (SSSR count). The van der Waals surface area contributed by atoms with Gasteiger partial charge in [-0.1, -0.05) is 63.6 Å². The Morgan fingerprint density at radius 3 is 2.27 bits per heavy atom. The molecule has 0 saturated heterocycles. The number of carbonyl (C=O) groups excluding carboxylic acids is 1. The van der Waals surface area contributed by atoms with Crippen LogP contribution in [0.15, 0.2) is 119 Å². The fraction of sp³-hybridized carbons (Fsp3) is 0.429. The first-order chi connectivity index (χ1) is 29.5. The lowest BCUT2D eigenvalue weighted by Gasteiger charge is -2.27. The Hall–Kier alpha value is -4.82. The number of hydrogen-bond donors (Lipinski definition) is 2. The van der Waals surface area contributed by atoms with E-state index in [9.17, 15) is 30.7 Å². The summed E-state index contributed by atoms with van der Waals surface area (Å²) >= 11 is 0. The highest BCUT2D eigenvalue weighted by atomic mass is 32.2. The molecule has 2 heterocycles. The molecule has 0 bridgehead atoms. The van der Waals surface area contributed by atoms with Crippen LogP contribution in [0.5, 0.6) is 5.75 Å². The maximum atomic E-state index is 12.3. The topological polar surface area (TPSA) is 151 Å². The fourth-order valence-electron chi connectivity index (χ4n) is 8.95. The number of hydrogen-bond acceptors (Lipinski definition) is 8. The number of anilines is 1. The summed E-state index contributed by atoms with van der Waals surface area (Å²) in [5.41, 5.74) is 8.26. The van der Waals surface area contributed by atoms with E-state index in [2.05, 4.69) is 78.8 Å². The minimum Gasteiger partial charge on any atom is -0.468 e. The number of rotatable bonds is 19. The Labute approximate surface area is 368 Å². The van der Waals surface area contributed by atoms with E-state index in [1.807, 2.05) is 38.1 Å². The van der Waals surface area contributed by atoms with Gasteiger partial charge in [0.05, 0.1) is 22.7 Å². The minimum absolute atomic E-state index is 0.202. The van der Waals surface area contributed by atoms with E-state index in [0.717, 1.165) is 85.3 Å². The standard InChI is InChI=1S/C49H60N2O9S2/c1-6-7-12-30-50-43-18-11-10-17-41(43)48(2,3)45(50)27-21-37-15-8-9-16-38(47(37)60-39-23-19-36(20-24-39)29-32-59-35-52)22-28-46-49(4,5)42-34-40(62(56,57)58)25-26-44(42)51(46)31-13-14-33-61(53,54)55/h10-11,17-28,34-35H,6-9,12-16,29-33H2,1-5H3,(H-,53,54,55,56,57,58)/p+1. The van der Waals surface area contributed by atoms with Crippen LogP contribution in [0.4, 0.5) is 11.4 Å². The van der Waals surface area contributed by atoms with Gasteiger partial charge in [0.2, 0.25) is 5.69 Å². The SMILES string of the molecule is CCCCC[N+]1=C(/C=C/C2=C(Oc3ccc(CCOC=O)cc3)C(=C/C=C3/N(CCCCS(=O)(=O)O)c4ccc(S(=O)(=O)O)cc4C3(C)C)/CCCC2)C(C)(C)c2ccccc21. The van der Waals surface area contributed by atoms with Crippen LogP contribution in [0.1, 0.15) is 109 Å². The van der Waals surface area contributed by atoms with Crippen LogP contribution in [-0.2, 0) is 47.0 Å². The van der Waals surface area contributed by atoms with Crippen molar-refractivity contribution in [2.75, 3.05) is 30.3 Å². The average Bonchev–Trinajstić information content (AvgIpc) is 3.45.